The molecule has 0 spiro atoms. The third-order valence-corrected chi connectivity index (χ3v) is 1.35. The molecule has 1 nitrogen and oxygen atoms in total. The zero-order valence-electron chi connectivity index (χ0n) is 5.73. The van der Waals surface area contributed by atoms with Gasteiger partial charge in [-0.25, -0.2) is 0 Å². The van der Waals surface area contributed by atoms with Crippen molar-refractivity contribution in [2.45, 2.75) is 13.8 Å². The Hall–Kier alpha value is -0.110. The molecule has 0 saturated carbocycles. The highest BCUT2D eigenvalue weighted by Crippen LogP contribution is 1.94. The maximum Gasteiger partial charge on any atom is 0.165 e. The highest BCUT2D eigenvalue weighted by molar-refractivity contribution is 9.09. The van der Waals surface area contributed by atoms with E-state index < -0.39 is 0 Å². The Balaban J connectivity index is 3.57. The number of ketones is 1. The van der Waals surface area contributed by atoms with E-state index in [4.69, 9.17) is 0 Å². The van der Waals surface area contributed by atoms with Crippen LogP contribution in [0.1, 0.15) is 13.8 Å². The molecule has 0 aliphatic rings. The summed E-state index contributed by atoms with van der Waals surface area (Å²) in [6, 6.07) is 0. The lowest BCUT2D eigenvalue weighted by Gasteiger charge is -1.90. The van der Waals surface area contributed by atoms with Crippen molar-refractivity contribution in [3.8, 4) is 0 Å². The molecule has 0 N–H and O–H groups in total. The molecule has 0 aromatic rings. The number of rotatable bonds is 3. The van der Waals surface area contributed by atoms with Gasteiger partial charge in [-0.2, -0.15) is 0 Å². The topological polar surface area (TPSA) is 17.1 Å². The highest BCUT2D eigenvalue weighted by Gasteiger charge is 1.90. The lowest BCUT2D eigenvalue weighted by molar-refractivity contribution is -0.112. The van der Waals surface area contributed by atoms with Crippen molar-refractivity contribution in [1.82, 2.24) is 0 Å². The third kappa shape index (κ3) is 5.77. The van der Waals surface area contributed by atoms with Crippen LogP contribution in [0.5, 0.6) is 0 Å². The Morgan fingerprint density at radius 1 is 1.67 bits per heavy atom. The number of hydrogen-bond donors (Lipinski definition) is 0. The molecule has 52 valence electrons. The minimum Gasteiger partial charge on any atom is -0.294 e. The fourth-order valence-corrected chi connectivity index (χ4v) is 0.531. The molecule has 0 heterocycles. The van der Waals surface area contributed by atoms with E-state index in [1.807, 2.05) is 19.9 Å². The second kappa shape index (κ2) is 4.74. The van der Waals surface area contributed by atoms with Crippen LogP contribution in [0.3, 0.4) is 0 Å². The predicted molar refractivity (Wildman–Crippen MR) is 42.8 cm³/mol. The zero-order valence-corrected chi connectivity index (χ0v) is 7.31. The number of halogens is 1. The van der Waals surface area contributed by atoms with Gasteiger partial charge in [0.25, 0.3) is 0 Å². The van der Waals surface area contributed by atoms with Gasteiger partial charge in [-0.05, 0) is 12.0 Å². The second-order valence-electron chi connectivity index (χ2n) is 2.20. The van der Waals surface area contributed by atoms with Crippen LogP contribution in [-0.2, 0) is 4.79 Å². The van der Waals surface area contributed by atoms with Crippen molar-refractivity contribution in [2.75, 3.05) is 5.33 Å². The van der Waals surface area contributed by atoms with Gasteiger partial charge in [0.2, 0.25) is 0 Å². The average Bonchev–Trinajstić information content (AvgIpc) is 1.83. The first-order valence-corrected chi connectivity index (χ1v) is 4.06. The van der Waals surface area contributed by atoms with Crippen molar-refractivity contribution < 1.29 is 4.79 Å². The molecule has 0 atom stereocenters. The number of carbonyl (C=O) groups is 1. The number of allylic oxidation sites excluding steroid dienone is 2. The minimum atomic E-state index is 0.128. The van der Waals surface area contributed by atoms with E-state index in [0.717, 1.165) is 0 Å². The van der Waals surface area contributed by atoms with Gasteiger partial charge in [0.15, 0.2) is 5.78 Å². The lowest BCUT2D eigenvalue weighted by atomic mass is 10.2. The maximum absolute atomic E-state index is 10.6. The zero-order chi connectivity index (χ0) is 7.28. The largest absolute Gasteiger partial charge is 0.294 e. The van der Waals surface area contributed by atoms with Crippen molar-refractivity contribution >= 4 is 21.7 Å². The summed E-state index contributed by atoms with van der Waals surface area (Å²) in [4.78, 5) is 10.6. The summed E-state index contributed by atoms with van der Waals surface area (Å²) in [6.07, 6.45) is 3.50. The molecule has 0 aromatic heterocycles. The summed E-state index contributed by atoms with van der Waals surface area (Å²) >= 11 is 3.06. The molecular formula is C7H11BrO. The quantitative estimate of drug-likeness (QED) is 0.493. The van der Waals surface area contributed by atoms with E-state index in [0.29, 0.717) is 11.2 Å². The van der Waals surface area contributed by atoms with Crippen LogP contribution in [0.2, 0.25) is 0 Å². The highest BCUT2D eigenvalue weighted by atomic mass is 79.9. The molecule has 0 amide bonds. The molecule has 0 saturated heterocycles. The van der Waals surface area contributed by atoms with Gasteiger partial charge in [0.05, 0.1) is 5.33 Å². The summed E-state index contributed by atoms with van der Waals surface area (Å²) in [5.74, 6) is 0.594. The van der Waals surface area contributed by atoms with Crippen LogP contribution < -0.4 is 0 Å². The van der Waals surface area contributed by atoms with Gasteiger partial charge in [0.1, 0.15) is 0 Å². The molecular weight excluding hydrogens is 180 g/mol. The van der Waals surface area contributed by atoms with Crippen LogP contribution in [0.25, 0.3) is 0 Å². The normalized spacial score (nSPS) is 11.1. The van der Waals surface area contributed by atoms with Crippen LogP contribution in [-0.4, -0.2) is 11.1 Å². The summed E-state index contributed by atoms with van der Waals surface area (Å²) in [6.45, 7) is 4.08. The van der Waals surface area contributed by atoms with Crippen molar-refractivity contribution in [2.24, 2.45) is 5.92 Å². The van der Waals surface area contributed by atoms with Crippen molar-refractivity contribution in [3.05, 3.63) is 12.2 Å². The Kier molecular flexibility index (Phi) is 4.68. The van der Waals surface area contributed by atoms with E-state index in [9.17, 15) is 4.79 Å². The number of alkyl halides is 1. The number of hydrogen-bond acceptors (Lipinski definition) is 1. The Labute approximate surface area is 64.3 Å². The fraction of sp³-hybridized carbons (Fsp3) is 0.571. The van der Waals surface area contributed by atoms with Gasteiger partial charge in [-0.15, -0.1) is 0 Å². The average molecular weight is 191 g/mol. The molecule has 0 bridgehead atoms. The van der Waals surface area contributed by atoms with Gasteiger partial charge in [-0.3, -0.25) is 4.79 Å². The van der Waals surface area contributed by atoms with Crippen LogP contribution >= 0.6 is 15.9 Å². The molecule has 9 heavy (non-hydrogen) atoms. The maximum atomic E-state index is 10.6. The summed E-state index contributed by atoms with van der Waals surface area (Å²) in [7, 11) is 0. The van der Waals surface area contributed by atoms with Crippen molar-refractivity contribution in [3.63, 3.8) is 0 Å². The van der Waals surface area contributed by atoms with E-state index in [-0.39, 0.29) is 5.78 Å². The number of carbonyl (C=O) groups excluding carboxylic acids is 1. The molecule has 0 unspecified atom stereocenters. The smallest absolute Gasteiger partial charge is 0.165 e. The molecule has 0 aliphatic carbocycles. The van der Waals surface area contributed by atoms with E-state index in [1.165, 1.54) is 0 Å². The van der Waals surface area contributed by atoms with Gasteiger partial charge in [-0.1, -0.05) is 35.9 Å². The van der Waals surface area contributed by atoms with Crippen molar-refractivity contribution in [1.29, 1.82) is 0 Å². The molecule has 0 aliphatic heterocycles. The Bertz CT molecular complexity index is 116. The molecule has 0 fully saturated rings. The molecule has 0 rings (SSSR count). The Morgan fingerprint density at radius 2 is 2.22 bits per heavy atom. The monoisotopic (exact) mass is 190 g/mol. The summed E-state index contributed by atoms with van der Waals surface area (Å²) in [5.41, 5.74) is 0. The van der Waals surface area contributed by atoms with Gasteiger partial charge >= 0.3 is 0 Å². The summed E-state index contributed by atoms with van der Waals surface area (Å²) in [5, 5.41) is 0.427. The fourth-order valence-electron chi connectivity index (χ4n) is 0.344. The molecule has 0 radical (unpaired) electrons. The predicted octanol–water partition coefficient (Wildman–Crippen LogP) is 2.16. The van der Waals surface area contributed by atoms with E-state index >= 15 is 0 Å². The first-order valence-electron chi connectivity index (χ1n) is 2.93. The van der Waals surface area contributed by atoms with Crippen LogP contribution in [0, 0.1) is 5.92 Å². The minimum absolute atomic E-state index is 0.128. The van der Waals surface area contributed by atoms with Gasteiger partial charge < -0.3 is 0 Å². The standard InChI is InChI=1S/C7H11BrO/c1-6(2)3-4-7(9)5-8/h3-4,6H,5H2,1-2H3. The van der Waals surface area contributed by atoms with E-state index in [2.05, 4.69) is 15.9 Å². The second-order valence-corrected chi connectivity index (χ2v) is 2.76. The SMILES string of the molecule is CC(C)C=CC(=O)CBr. The first kappa shape index (κ1) is 8.89. The third-order valence-electron chi connectivity index (χ3n) is 0.799. The van der Waals surface area contributed by atoms with Gasteiger partial charge in [0, 0.05) is 0 Å². The lowest BCUT2D eigenvalue weighted by Crippen LogP contribution is -1.92. The summed E-state index contributed by atoms with van der Waals surface area (Å²) < 4.78 is 0. The Morgan fingerprint density at radius 3 is 2.56 bits per heavy atom. The molecule has 2 heteroatoms. The molecule has 0 aromatic carbocycles. The van der Waals surface area contributed by atoms with Crippen LogP contribution in [0.15, 0.2) is 12.2 Å². The first-order chi connectivity index (χ1) is 4.16. The van der Waals surface area contributed by atoms with Crippen LogP contribution in [0.4, 0.5) is 0 Å². The van der Waals surface area contributed by atoms with E-state index in [1.54, 1.807) is 6.08 Å².